The summed E-state index contributed by atoms with van der Waals surface area (Å²) < 4.78 is 4.56. The van der Waals surface area contributed by atoms with Crippen LogP contribution in [0.4, 0.5) is 0 Å². The summed E-state index contributed by atoms with van der Waals surface area (Å²) in [6.45, 7) is 3.62. The van der Waals surface area contributed by atoms with E-state index in [0.717, 1.165) is 12.5 Å². The van der Waals surface area contributed by atoms with Gasteiger partial charge in [-0.25, -0.2) is 4.79 Å². The normalized spacial score (nSPS) is 30.0. The van der Waals surface area contributed by atoms with E-state index in [1.807, 2.05) is 24.3 Å². The van der Waals surface area contributed by atoms with E-state index in [1.165, 1.54) is 38.6 Å². The number of fused-ring (bicyclic) bond motifs is 3. The standard InChI is InChI=1S/C16H21NO3/c1-20-16(19)15(18)13-4-2-11(3-5-13)14-10-17-8-6-12(14)7-9-17/h2-5,12,14-15,18H,6-10H2,1H3. The van der Waals surface area contributed by atoms with Gasteiger partial charge in [0.25, 0.3) is 0 Å². The van der Waals surface area contributed by atoms with Crippen LogP contribution in [0, 0.1) is 5.92 Å². The molecule has 3 aliphatic rings. The molecule has 4 nitrogen and oxygen atoms in total. The summed E-state index contributed by atoms with van der Waals surface area (Å²) in [6, 6.07) is 7.78. The molecule has 0 saturated carbocycles. The molecule has 108 valence electrons. The fourth-order valence-electron chi connectivity index (χ4n) is 3.52. The average molecular weight is 275 g/mol. The van der Waals surface area contributed by atoms with Crippen molar-refractivity contribution in [3.05, 3.63) is 35.4 Å². The van der Waals surface area contributed by atoms with Gasteiger partial charge in [0.15, 0.2) is 6.10 Å². The molecule has 1 aromatic carbocycles. The lowest BCUT2D eigenvalue weighted by molar-refractivity contribution is -0.150. The summed E-state index contributed by atoms with van der Waals surface area (Å²) in [5.41, 5.74) is 1.92. The Morgan fingerprint density at radius 2 is 1.95 bits per heavy atom. The fraction of sp³-hybridized carbons (Fsp3) is 0.562. The summed E-state index contributed by atoms with van der Waals surface area (Å²) >= 11 is 0. The maximum atomic E-state index is 11.3. The van der Waals surface area contributed by atoms with Crippen LogP contribution in [0.3, 0.4) is 0 Å². The second-order valence-corrected chi connectivity index (χ2v) is 5.84. The van der Waals surface area contributed by atoms with Crippen LogP contribution in [0.25, 0.3) is 0 Å². The predicted octanol–water partition coefficient (Wildman–Crippen LogP) is 1.70. The van der Waals surface area contributed by atoms with Gasteiger partial charge in [0, 0.05) is 6.54 Å². The number of ether oxygens (including phenoxy) is 1. The zero-order chi connectivity index (χ0) is 14.1. The number of benzene rings is 1. The number of carbonyl (C=O) groups excluding carboxylic acids is 1. The second kappa shape index (κ2) is 5.54. The molecule has 2 bridgehead atoms. The van der Waals surface area contributed by atoms with E-state index in [1.54, 1.807) is 0 Å². The lowest BCUT2D eigenvalue weighted by Crippen LogP contribution is -2.46. The number of nitrogens with zero attached hydrogens (tertiary/aromatic N) is 1. The smallest absolute Gasteiger partial charge is 0.339 e. The van der Waals surface area contributed by atoms with Crippen molar-refractivity contribution in [2.45, 2.75) is 24.9 Å². The first-order valence-corrected chi connectivity index (χ1v) is 7.27. The van der Waals surface area contributed by atoms with Gasteiger partial charge in [-0.2, -0.15) is 0 Å². The van der Waals surface area contributed by atoms with E-state index in [9.17, 15) is 9.90 Å². The van der Waals surface area contributed by atoms with Crippen molar-refractivity contribution in [3.8, 4) is 0 Å². The number of esters is 1. The molecule has 0 aliphatic carbocycles. The van der Waals surface area contributed by atoms with Crippen molar-refractivity contribution < 1.29 is 14.6 Å². The Labute approximate surface area is 119 Å². The van der Waals surface area contributed by atoms with E-state index in [4.69, 9.17) is 0 Å². The van der Waals surface area contributed by atoms with Crippen LogP contribution in [-0.2, 0) is 9.53 Å². The molecule has 2 unspecified atom stereocenters. The third-order valence-electron chi connectivity index (χ3n) is 4.76. The third-order valence-corrected chi connectivity index (χ3v) is 4.76. The Bertz CT molecular complexity index is 477. The Kier molecular flexibility index (Phi) is 3.76. The van der Waals surface area contributed by atoms with Crippen LogP contribution in [0.1, 0.15) is 36.0 Å². The number of piperidine rings is 3. The molecule has 0 radical (unpaired) electrons. The molecule has 3 heterocycles. The highest BCUT2D eigenvalue weighted by molar-refractivity contribution is 5.76. The highest BCUT2D eigenvalue weighted by Crippen LogP contribution is 2.39. The monoisotopic (exact) mass is 275 g/mol. The SMILES string of the molecule is COC(=O)C(O)c1ccc(C2CN3CCC2CC3)cc1. The van der Waals surface area contributed by atoms with Crippen molar-refractivity contribution in [1.29, 1.82) is 0 Å². The minimum absolute atomic E-state index is 0.599. The summed E-state index contributed by atoms with van der Waals surface area (Å²) in [5.74, 6) is 0.777. The number of carbonyl (C=O) groups is 1. The number of rotatable bonds is 3. The lowest BCUT2D eigenvalue weighted by Gasteiger charge is -2.45. The summed E-state index contributed by atoms with van der Waals surface area (Å²) in [6.07, 6.45) is 1.40. The van der Waals surface area contributed by atoms with E-state index in [0.29, 0.717) is 11.5 Å². The molecular formula is C16H21NO3. The highest BCUT2D eigenvalue weighted by atomic mass is 16.5. The van der Waals surface area contributed by atoms with Crippen molar-refractivity contribution in [1.82, 2.24) is 4.90 Å². The Morgan fingerprint density at radius 1 is 1.30 bits per heavy atom. The molecule has 0 amide bonds. The first-order valence-electron chi connectivity index (χ1n) is 7.27. The van der Waals surface area contributed by atoms with Gasteiger partial charge >= 0.3 is 5.97 Å². The predicted molar refractivity (Wildman–Crippen MR) is 75.3 cm³/mol. The van der Waals surface area contributed by atoms with Crippen LogP contribution < -0.4 is 0 Å². The summed E-state index contributed by atoms with van der Waals surface area (Å²) in [5, 5.41) is 9.81. The van der Waals surface area contributed by atoms with Crippen LogP contribution in [-0.4, -0.2) is 42.7 Å². The molecule has 3 aliphatic heterocycles. The van der Waals surface area contributed by atoms with Crippen molar-refractivity contribution >= 4 is 5.97 Å². The third kappa shape index (κ3) is 2.45. The molecule has 0 aromatic heterocycles. The number of aliphatic hydroxyl groups excluding tert-OH is 1. The molecule has 3 saturated heterocycles. The Hall–Kier alpha value is -1.39. The van der Waals surface area contributed by atoms with Gasteiger partial charge in [-0.3, -0.25) is 0 Å². The van der Waals surface area contributed by atoms with Crippen molar-refractivity contribution in [2.75, 3.05) is 26.7 Å². The molecule has 1 aromatic rings. The average Bonchev–Trinajstić information content (AvgIpc) is 2.54. The fourth-order valence-corrected chi connectivity index (χ4v) is 3.52. The molecule has 1 N–H and O–H groups in total. The zero-order valence-corrected chi connectivity index (χ0v) is 11.8. The molecule has 0 spiro atoms. The quantitative estimate of drug-likeness (QED) is 0.853. The van der Waals surface area contributed by atoms with E-state index < -0.39 is 12.1 Å². The maximum Gasteiger partial charge on any atom is 0.339 e. The summed E-state index contributed by atoms with van der Waals surface area (Å²) in [4.78, 5) is 13.9. The van der Waals surface area contributed by atoms with Crippen molar-refractivity contribution in [3.63, 3.8) is 0 Å². The highest BCUT2D eigenvalue weighted by Gasteiger charge is 2.34. The molecule has 2 atom stereocenters. The minimum atomic E-state index is -1.18. The van der Waals surface area contributed by atoms with Gasteiger partial charge in [-0.15, -0.1) is 0 Å². The molecule has 4 rings (SSSR count). The van der Waals surface area contributed by atoms with Gasteiger partial charge in [-0.05, 0) is 48.9 Å². The topological polar surface area (TPSA) is 49.8 Å². The minimum Gasteiger partial charge on any atom is -0.467 e. The van der Waals surface area contributed by atoms with Gasteiger partial charge in [0.1, 0.15) is 0 Å². The van der Waals surface area contributed by atoms with Crippen molar-refractivity contribution in [2.24, 2.45) is 5.92 Å². The van der Waals surface area contributed by atoms with E-state index in [2.05, 4.69) is 9.64 Å². The van der Waals surface area contributed by atoms with Gasteiger partial charge in [-0.1, -0.05) is 24.3 Å². The lowest BCUT2D eigenvalue weighted by atomic mass is 9.75. The Balaban J connectivity index is 1.75. The van der Waals surface area contributed by atoms with Gasteiger partial charge in [0.2, 0.25) is 0 Å². The first kappa shape index (κ1) is 13.6. The molecule has 20 heavy (non-hydrogen) atoms. The van der Waals surface area contributed by atoms with Crippen LogP contribution >= 0.6 is 0 Å². The number of hydrogen-bond acceptors (Lipinski definition) is 4. The zero-order valence-electron chi connectivity index (χ0n) is 11.8. The number of methoxy groups -OCH3 is 1. The Morgan fingerprint density at radius 3 is 2.45 bits per heavy atom. The van der Waals surface area contributed by atoms with Crippen LogP contribution in [0.15, 0.2) is 24.3 Å². The van der Waals surface area contributed by atoms with Crippen LogP contribution in [0.2, 0.25) is 0 Å². The van der Waals surface area contributed by atoms with Gasteiger partial charge in [0.05, 0.1) is 7.11 Å². The van der Waals surface area contributed by atoms with E-state index >= 15 is 0 Å². The van der Waals surface area contributed by atoms with Gasteiger partial charge < -0.3 is 14.7 Å². The molecule has 3 fully saturated rings. The molecule has 4 heteroatoms. The number of hydrogen-bond donors (Lipinski definition) is 1. The second-order valence-electron chi connectivity index (χ2n) is 5.84. The number of aliphatic hydroxyl groups is 1. The van der Waals surface area contributed by atoms with Crippen LogP contribution in [0.5, 0.6) is 0 Å². The largest absolute Gasteiger partial charge is 0.467 e. The molecular weight excluding hydrogens is 254 g/mol. The first-order chi connectivity index (χ1) is 9.69. The maximum absolute atomic E-state index is 11.3. The summed E-state index contributed by atoms with van der Waals surface area (Å²) in [7, 11) is 1.28. The van der Waals surface area contributed by atoms with E-state index in [-0.39, 0.29) is 0 Å².